The highest BCUT2D eigenvalue weighted by molar-refractivity contribution is 7.45. The lowest BCUT2D eigenvalue weighted by Gasteiger charge is -2.30. The maximum absolute atomic E-state index is 12.8. The van der Waals surface area contributed by atoms with Crippen LogP contribution < -0.4 is 10.2 Å². The number of nitrogens with one attached hydrogen (secondary N) is 1. The molecule has 3 atom stereocenters. The summed E-state index contributed by atoms with van der Waals surface area (Å²) in [6.07, 6.45) is 60.6. The molecule has 0 saturated carbocycles. The molecule has 0 aliphatic rings. The smallest absolute Gasteiger partial charge is 0.268 e. The van der Waals surface area contributed by atoms with Crippen molar-refractivity contribution in [1.82, 2.24) is 5.32 Å². The summed E-state index contributed by atoms with van der Waals surface area (Å²) in [4.78, 5) is 25.2. The largest absolute Gasteiger partial charge is 0.756 e. The number of phosphoric acid groups is 1. The fraction of sp³-hybridized carbons (Fsp3) is 0.947. The van der Waals surface area contributed by atoms with Crippen molar-refractivity contribution in [3.63, 3.8) is 0 Å². The van der Waals surface area contributed by atoms with Crippen LogP contribution in [0.1, 0.15) is 296 Å². The number of carbonyl (C=O) groups excluding carboxylic acids is 1. The Balaban J connectivity index is 3.63. The lowest BCUT2D eigenvalue weighted by molar-refractivity contribution is -0.870. The Morgan fingerprint density at radius 3 is 1.18 bits per heavy atom. The normalized spacial score (nSPS) is 14.0. The van der Waals surface area contributed by atoms with Crippen molar-refractivity contribution in [2.24, 2.45) is 0 Å². The number of allylic oxidation sites excluding steroid dienone is 2. The Hall–Kier alpha value is -0.760. The fourth-order valence-corrected chi connectivity index (χ4v) is 9.64. The van der Waals surface area contributed by atoms with Gasteiger partial charge in [0, 0.05) is 6.42 Å². The first-order valence-corrected chi connectivity index (χ1v) is 30.5. The molecular formula is C57H115N2O6P. The topological polar surface area (TPSA) is 108 Å². The van der Waals surface area contributed by atoms with Crippen molar-refractivity contribution in [3.8, 4) is 0 Å². The fourth-order valence-electron chi connectivity index (χ4n) is 8.92. The molecule has 0 aliphatic heterocycles. The van der Waals surface area contributed by atoms with Crippen molar-refractivity contribution in [3.05, 3.63) is 12.2 Å². The van der Waals surface area contributed by atoms with Crippen LogP contribution in [0, 0.1) is 0 Å². The number of aliphatic hydroxyl groups is 1. The summed E-state index contributed by atoms with van der Waals surface area (Å²) < 4.78 is 23.1. The molecule has 0 rings (SSSR count). The van der Waals surface area contributed by atoms with E-state index in [0.717, 1.165) is 51.4 Å². The number of hydrogen-bond donors (Lipinski definition) is 2. The number of quaternary nitrogens is 1. The van der Waals surface area contributed by atoms with Gasteiger partial charge in [-0.1, -0.05) is 264 Å². The number of aliphatic hydroxyl groups excluding tert-OH is 1. The lowest BCUT2D eigenvalue weighted by atomic mass is 10.0. The summed E-state index contributed by atoms with van der Waals surface area (Å²) in [5, 5.41) is 13.7. The Kier molecular flexibility index (Phi) is 48.7. The number of phosphoric ester groups is 1. The molecule has 0 aliphatic carbocycles. The van der Waals surface area contributed by atoms with E-state index < -0.39 is 20.0 Å². The van der Waals surface area contributed by atoms with Gasteiger partial charge in [0.1, 0.15) is 13.2 Å². The van der Waals surface area contributed by atoms with Crippen LogP contribution in [0.2, 0.25) is 0 Å². The van der Waals surface area contributed by atoms with Crippen LogP contribution in [-0.2, 0) is 18.4 Å². The Morgan fingerprint density at radius 2 is 0.833 bits per heavy atom. The first kappa shape index (κ1) is 65.2. The average Bonchev–Trinajstić information content (AvgIpc) is 3.27. The molecule has 0 bridgehead atoms. The van der Waals surface area contributed by atoms with Crippen molar-refractivity contribution in [2.45, 2.75) is 309 Å². The quantitative estimate of drug-likeness (QED) is 0.0272. The zero-order valence-electron chi connectivity index (χ0n) is 44.9. The van der Waals surface area contributed by atoms with Crippen molar-refractivity contribution >= 4 is 13.7 Å². The maximum Gasteiger partial charge on any atom is 0.268 e. The van der Waals surface area contributed by atoms with Crippen molar-refractivity contribution < 1.29 is 32.9 Å². The molecule has 0 radical (unpaired) electrons. The molecule has 0 fully saturated rings. The van der Waals surface area contributed by atoms with E-state index in [1.54, 1.807) is 0 Å². The average molecular weight is 956 g/mol. The number of nitrogens with zero attached hydrogens (tertiary/aromatic N) is 1. The van der Waals surface area contributed by atoms with Gasteiger partial charge in [0.25, 0.3) is 7.82 Å². The van der Waals surface area contributed by atoms with Crippen LogP contribution in [0.5, 0.6) is 0 Å². The van der Waals surface area contributed by atoms with E-state index in [-0.39, 0.29) is 19.1 Å². The van der Waals surface area contributed by atoms with Crippen LogP contribution in [0.4, 0.5) is 0 Å². The summed E-state index contributed by atoms with van der Waals surface area (Å²) in [5.41, 5.74) is 0. The lowest BCUT2D eigenvalue weighted by Crippen LogP contribution is -2.46. The highest BCUT2D eigenvalue weighted by Crippen LogP contribution is 2.38. The summed E-state index contributed by atoms with van der Waals surface area (Å²) in [7, 11) is 1.31. The Labute approximate surface area is 412 Å². The van der Waals surface area contributed by atoms with E-state index in [4.69, 9.17) is 9.05 Å². The maximum atomic E-state index is 12.8. The van der Waals surface area contributed by atoms with Gasteiger partial charge in [-0.15, -0.1) is 0 Å². The summed E-state index contributed by atoms with van der Waals surface area (Å²) in [6, 6.07) is -0.792. The minimum absolute atomic E-state index is 0.0143. The molecule has 2 N–H and O–H groups in total. The highest BCUT2D eigenvalue weighted by Gasteiger charge is 2.24. The second-order valence-corrected chi connectivity index (χ2v) is 22.8. The number of likely N-dealkylation sites (N-methyl/N-ethyl adjacent to an activating group) is 1. The van der Waals surface area contributed by atoms with Gasteiger partial charge < -0.3 is 28.8 Å². The summed E-state index contributed by atoms with van der Waals surface area (Å²) in [5.74, 6) is -0.166. The third kappa shape index (κ3) is 51.1. The third-order valence-corrected chi connectivity index (χ3v) is 14.5. The summed E-state index contributed by atoms with van der Waals surface area (Å²) in [6.45, 7) is 4.65. The van der Waals surface area contributed by atoms with E-state index in [0.29, 0.717) is 23.9 Å². The van der Waals surface area contributed by atoms with Gasteiger partial charge in [0.05, 0.1) is 39.9 Å². The van der Waals surface area contributed by atoms with E-state index in [1.165, 1.54) is 218 Å². The van der Waals surface area contributed by atoms with E-state index in [2.05, 4.69) is 31.3 Å². The van der Waals surface area contributed by atoms with Gasteiger partial charge in [-0.05, 0) is 38.5 Å². The predicted octanol–water partition coefficient (Wildman–Crippen LogP) is 16.8. The molecule has 3 unspecified atom stereocenters. The van der Waals surface area contributed by atoms with Crippen LogP contribution in [0.15, 0.2) is 12.2 Å². The molecule has 0 spiro atoms. The van der Waals surface area contributed by atoms with Gasteiger partial charge in [0.2, 0.25) is 5.91 Å². The molecule has 0 aromatic rings. The molecule has 66 heavy (non-hydrogen) atoms. The van der Waals surface area contributed by atoms with E-state index in [9.17, 15) is 19.4 Å². The number of rotatable bonds is 54. The zero-order chi connectivity index (χ0) is 48.5. The number of carbonyl (C=O) groups is 1. The van der Waals surface area contributed by atoms with E-state index in [1.807, 2.05) is 21.1 Å². The standard InChI is InChI=1S/C57H115N2O6P/c1-6-8-10-12-13-14-15-16-17-18-19-20-21-22-23-24-25-26-27-28-29-30-31-32-33-34-35-36-37-38-39-40-41-42-43-44-45-47-49-51-57(61)58-55(56(60)50-48-46-11-9-7-2)54-65-66(62,63)64-53-52-59(3,4)5/h18-19,55-56,60H,6-17,20-54H2,1-5H3,(H-,58,61,62,63)/b19-18-. The Bertz CT molecular complexity index is 1080. The van der Waals surface area contributed by atoms with Gasteiger partial charge >= 0.3 is 0 Å². The second-order valence-electron chi connectivity index (χ2n) is 21.4. The first-order chi connectivity index (χ1) is 32.0. The van der Waals surface area contributed by atoms with E-state index >= 15 is 0 Å². The van der Waals surface area contributed by atoms with Crippen LogP contribution in [-0.4, -0.2) is 68.5 Å². The second kappa shape index (κ2) is 49.2. The molecule has 9 heteroatoms. The molecule has 0 saturated heterocycles. The van der Waals surface area contributed by atoms with Gasteiger partial charge in [-0.25, -0.2) is 0 Å². The first-order valence-electron chi connectivity index (χ1n) is 29.0. The highest BCUT2D eigenvalue weighted by atomic mass is 31.2. The SMILES string of the molecule is CCCCCCCCCC/C=C\CCCCCCCCCCCCCCCCCCCCCCCCCCCCCC(=O)NC(COP(=O)([O-])OCC[N+](C)(C)C)C(O)CCCCCCC. The molecule has 1 amide bonds. The molecule has 0 aromatic heterocycles. The molecule has 8 nitrogen and oxygen atoms in total. The number of amides is 1. The molecule has 0 heterocycles. The summed E-state index contributed by atoms with van der Waals surface area (Å²) >= 11 is 0. The van der Waals surface area contributed by atoms with Crippen LogP contribution in [0.3, 0.4) is 0 Å². The van der Waals surface area contributed by atoms with Gasteiger partial charge in [-0.3, -0.25) is 9.36 Å². The molecule has 394 valence electrons. The molecular weight excluding hydrogens is 840 g/mol. The predicted molar refractivity (Wildman–Crippen MR) is 284 cm³/mol. The molecule has 0 aromatic carbocycles. The minimum Gasteiger partial charge on any atom is -0.756 e. The van der Waals surface area contributed by atoms with Crippen molar-refractivity contribution in [2.75, 3.05) is 40.9 Å². The number of unbranched alkanes of at least 4 members (excludes halogenated alkanes) is 39. The van der Waals surface area contributed by atoms with Gasteiger partial charge in [-0.2, -0.15) is 0 Å². The monoisotopic (exact) mass is 955 g/mol. The van der Waals surface area contributed by atoms with Crippen LogP contribution in [0.25, 0.3) is 0 Å². The Morgan fingerprint density at radius 1 is 0.515 bits per heavy atom. The third-order valence-electron chi connectivity index (χ3n) is 13.5. The number of hydrogen-bond acceptors (Lipinski definition) is 6. The minimum atomic E-state index is -4.55. The van der Waals surface area contributed by atoms with Gasteiger partial charge in [0.15, 0.2) is 0 Å². The zero-order valence-corrected chi connectivity index (χ0v) is 45.8. The van der Waals surface area contributed by atoms with Crippen molar-refractivity contribution in [1.29, 1.82) is 0 Å². The van der Waals surface area contributed by atoms with Crippen LogP contribution >= 0.6 is 7.82 Å².